The van der Waals surface area contributed by atoms with Crippen LogP contribution in [-0.2, 0) is 12.8 Å². The summed E-state index contributed by atoms with van der Waals surface area (Å²) in [5.41, 5.74) is 27.0. The summed E-state index contributed by atoms with van der Waals surface area (Å²) in [6.45, 7) is 17.6. The molecule has 1 heterocycles. The second-order valence-electron chi connectivity index (χ2n) is 15.6. The number of anilines is 1. The quantitative estimate of drug-likeness (QED) is 0.120. The van der Waals surface area contributed by atoms with Gasteiger partial charge in [0.15, 0.2) is 0 Å². The zero-order valence-corrected chi connectivity index (χ0v) is 37.1. The molecular weight excluding hydrogens is 733 g/mol. The summed E-state index contributed by atoms with van der Waals surface area (Å²) in [5, 5.41) is 1.35. The lowest BCUT2D eigenvalue weighted by molar-refractivity contribution is 0.731. The first-order chi connectivity index (χ1) is 28.9. The van der Waals surface area contributed by atoms with Crippen molar-refractivity contribution in [3.05, 3.63) is 195 Å². The highest BCUT2D eigenvalue weighted by molar-refractivity contribution is 7.19. The van der Waals surface area contributed by atoms with E-state index in [2.05, 4.69) is 198 Å². The van der Waals surface area contributed by atoms with Gasteiger partial charge in [0.2, 0.25) is 0 Å². The number of aryl methyl sites for hydroxylation is 3. The van der Waals surface area contributed by atoms with Gasteiger partial charge in [0.1, 0.15) is 0 Å². The highest BCUT2D eigenvalue weighted by Gasteiger charge is 2.26. The van der Waals surface area contributed by atoms with Gasteiger partial charge in [-0.05, 0) is 131 Å². The predicted molar refractivity (Wildman–Crippen MR) is 260 cm³/mol. The molecule has 6 aromatic carbocycles. The zero-order valence-electron chi connectivity index (χ0n) is 36.2. The van der Waals surface area contributed by atoms with Crippen LogP contribution < -0.4 is 10.9 Å². The lowest BCUT2D eigenvalue weighted by Crippen LogP contribution is -2.26. The van der Waals surface area contributed by atoms with Crippen LogP contribution in [0.3, 0.4) is 0 Å². The number of hydrogen-bond acceptors (Lipinski definition) is 3. The third kappa shape index (κ3) is 8.59. The fourth-order valence-electron chi connectivity index (χ4n) is 8.77. The van der Waals surface area contributed by atoms with Crippen LogP contribution >= 0.6 is 11.3 Å². The van der Waals surface area contributed by atoms with Crippen LogP contribution in [0.1, 0.15) is 123 Å². The normalized spacial score (nSPS) is 13.5. The van der Waals surface area contributed by atoms with Gasteiger partial charge in [0.25, 0.3) is 0 Å². The summed E-state index contributed by atoms with van der Waals surface area (Å²) < 4.78 is 1.36. The fraction of sp³-hybridized carbons (Fsp3) is 0.250. The van der Waals surface area contributed by atoms with E-state index in [1.165, 1.54) is 93.0 Å². The number of allylic oxidation sites excluding steroid dienone is 2. The molecule has 1 aliphatic carbocycles. The van der Waals surface area contributed by atoms with Crippen LogP contribution in [0.5, 0.6) is 0 Å². The van der Waals surface area contributed by atoms with E-state index in [4.69, 9.17) is 0 Å². The molecule has 300 valence electrons. The van der Waals surface area contributed by atoms with Crippen LogP contribution in [0.25, 0.3) is 44.0 Å². The van der Waals surface area contributed by atoms with Gasteiger partial charge in [-0.1, -0.05) is 168 Å². The van der Waals surface area contributed by atoms with Crippen molar-refractivity contribution in [3.63, 3.8) is 0 Å². The van der Waals surface area contributed by atoms with E-state index < -0.39 is 0 Å². The lowest BCUT2D eigenvalue weighted by Gasteiger charge is -2.30. The Morgan fingerprint density at radius 2 is 1.41 bits per heavy atom. The summed E-state index contributed by atoms with van der Waals surface area (Å²) in [6, 6.07) is 49.8. The molecular formula is C56H60N2S. The summed E-state index contributed by atoms with van der Waals surface area (Å²) in [5.74, 6) is 0.600. The van der Waals surface area contributed by atoms with E-state index in [0.717, 1.165) is 31.4 Å². The van der Waals surface area contributed by atoms with Crippen molar-refractivity contribution in [1.82, 2.24) is 5.43 Å². The molecule has 2 atom stereocenters. The maximum absolute atomic E-state index is 3.83. The highest BCUT2D eigenvalue weighted by Crippen LogP contribution is 2.44. The third-order valence-corrected chi connectivity index (χ3v) is 13.3. The number of para-hydroxylation sites is 1. The minimum Gasteiger partial charge on any atom is -0.304 e. The first-order valence-corrected chi connectivity index (χ1v) is 22.6. The fourth-order valence-corrected chi connectivity index (χ4v) is 9.88. The van der Waals surface area contributed by atoms with Crippen LogP contribution in [-0.4, -0.2) is 0 Å². The Morgan fingerprint density at radius 1 is 0.678 bits per heavy atom. The Bertz CT molecular complexity index is 2610. The van der Waals surface area contributed by atoms with Crippen molar-refractivity contribution >= 4 is 38.8 Å². The molecule has 0 amide bonds. The largest absolute Gasteiger partial charge is 0.304 e. The van der Waals surface area contributed by atoms with Crippen molar-refractivity contribution in [3.8, 4) is 22.3 Å². The molecule has 8 rings (SSSR count). The second kappa shape index (κ2) is 19.0. The minimum atomic E-state index is 0.250. The van der Waals surface area contributed by atoms with E-state index >= 15 is 0 Å². The van der Waals surface area contributed by atoms with Crippen LogP contribution in [0.4, 0.5) is 5.69 Å². The van der Waals surface area contributed by atoms with E-state index in [1.807, 2.05) is 25.2 Å². The predicted octanol–water partition coefficient (Wildman–Crippen LogP) is 16.2. The molecule has 2 unspecified atom stereocenters. The number of thiophene rings is 1. The van der Waals surface area contributed by atoms with E-state index in [0.29, 0.717) is 5.92 Å². The van der Waals surface area contributed by atoms with Gasteiger partial charge in [-0.3, -0.25) is 0 Å². The van der Waals surface area contributed by atoms with E-state index in [-0.39, 0.29) is 5.92 Å². The number of benzene rings is 6. The number of hydrogen-bond donors (Lipinski definition) is 2. The number of rotatable bonds is 12. The zero-order chi connectivity index (χ0) is 41.5. The molecule has 0 spiro atoms. The molecule has 0 fully saturated rings. The highest BCUT2D eigenvalue weighted by atomic mass is 32.1. The molecule has 0 saturated heterocycles. The van der Waals surface area contributed by atoms with Gasteiger partial charge >= 0.3 is 0 Å². The summed E-state index contributed by atoms with van der Waals surface area (Å²) in [6.07, 6.45) is 8.47. The molecule has 0 radical (unpaired) electrons. The maximum atomic E-state index is 3.83. The van der Waals surface area contributed by atoms with Crippen molar-refractivity contribution in [2.24, 2.45) is 0 Å². The van der Waals surface area contributed by atoms with Gasteiger partial charge in [-0.25, -0.2) is 0 Å². The van der Waals surface area contributed by atoms with Gasteiger partial charge in [-0.15, -0.1) is 11.3 Å². The molecule has 1 aliphatic rings. The molecule has 0 saturated carbocycles. The number of hydrazine groups is 1. The average molecular weight is 793 g/mol. The Balaban J connectivity index is 0.00000260. The average Bonchev–Trinajstić information content (AvgIpc) is 3.65. The topological polar surface area (TPSA) is 24.1 Å². The second-order valence-corrected chi connectivity index (χ2v) is 16.8. The van der Waals surface area contributed by atoms with Gasteiger partial charge < -0.3 is 10.9 Å². The van der Waals surface area contributed by atoms with Crippen molar-refractivity contribution in [1.29, 1.82) is 0 Å². The number of fused-ring (bicyclic) bond motifs is 2. The van der Waals surface area contributed by atoms with Crippen molar-refractivity contribution in [2.75, 3.05) is 5.43 Å². The lowest BCUT2D eigenvalue weighted by atomic mass is 9.78. The molecule has 3 heteroatoms. The molecule has 0 aliphatic heterocycles. The van der Waals surface area contributed by atoms with Crippen molar-refractivity contribution < 1.29 is 0 Å². The molecule has 2 nitrogen and oxygen atoms in total. The first-order valence-electron chi connectivity index (χ1n) is 21.8. The van der Waals surface area contributed by atoms with Crippen LogP contribution in [0, 0.1) is 6.92 Å². The van der Waals surface area contributed by atoms with Gasteiger partial charge in [-0.2, -0.15) is 0 Å². The van der Waals surface area contributed by atoms with Gasteiger partial charge in [0, 0.05) is 32.2 Å². The van der Waals surface area contributed by atoms with Crippen molar-refractivity contribution in [2.45, 2.75) is 92.9 Å². The Kier molecular flexibility index (Phi) is 13.3. The first kappa shape index (κ1) is 41.5. The minimum absolute atomic E-state index is 0.250. The summed E-state index contributed by atoms with van der Waals surface area (Å²) in [7, 11) is 0. The molecule has 0 bridgehead atoms. The Labute approximate surface area is 357 Å². The molecule has 59 heavy (non-hydrogen) atoms. The standard InChI is InChI=1S/C54H54N2S.C2H6/c1-7-17-45-48-34-41(29-31-52(48)57-51(45)9-3)40-20-15-21-42(33-40)44-23-16-24-46(53(44)36(5)8-2)54-47-32-35(4)26-27-39(47)28-30-50(54)56-55-49-25-14-13-22-43(49)37(6)38-18-11-10-12-19-38;1-2/h7,10-27,29,31-34,36-37,55-56H,8-9,28,30H2,1-6H3;1-2H3/b17-7-;. The Morgan fingerprint density at radius 3 is 2.19 bits per heavy atom. The summed E-state index contributed by atoms with van der Waals surface area (Å²) >= 11 is 1.92. The van der Waals surface area contributed by atoms with Crippen LogP contribution in [0.2, 0.25) is 0 Å². The Hall–Kier alpha value is -5.64. The smallest absolute Gasteiger partial charge is 0.0577 e. The van der Waals surface area contributed by atoms with Crippen LogP contribution in [0.15, 0.2) is 145 Å². The molecule has 1 aromatic heterocycles. The van der Waals surface area contributed by atoms with E-state index in [9.17, 15) is 0 Å². The summed E-state index contributed by atoms with van der Waals surface area (Å²) in [4.78, 5) is 1.45. The molecule has 2 N–H and O–H groups in total. The third-order valence-electron chi connectivity index (χ3n) is 12.0. The number of nitrogens with one attached hydrogen (secondary N) is 2. The molecule has 7 aromatic rings. The van der Waals surface area contributed by atoms with E-state index in [1.54, 1.807) is 0 Å². The SMILES string of the molecule is C/C=C\c1c(CC)sc2ccc(-c3cccc(-c4cccc(C5=C(NNc6ccccc6C(C)c6ccccc6)CCc6ccc(C)cc65)c4C(C)CC)c3)cc12.CC. The monoisotopic (exact) mass is 792 g/mol. The van der Waals surface area contributed by atoms with Gasteiger partial charge in [0.05, 0.1) is 5.69 Å². The maximum Gasteiger partial charge on any atom is 0.0577 e.